The molecule has 0 radical (unpaired) electrons. The fourth-order valence-electron chi connectivity index (χ4n) is 0.938. The van der Waals surface area contributed by atoms with Crippen LogP contribution in [0.2, 0.25) is 0 Å². The first-order valence-corrected chi connectivity index (χ1v) is 5.83. The number of hydrogen-bond acceptors (Lipinski definition) is 3. The van der Waals surface area contributed by atoms with Gasteiger partial charge in [-0.3, -0.25) is 0 Å². The summed E-state index contributed by atoms with van der Waals surface area (Å²) in [5.74, 6) is 0. The largest absolute Gasteiger partial charge is 0.216 e. The molecule has 0 saturated heterocycles. The zero-order chi connectivity index (χ0) is 10.5. The molecule has 0 atom stereocenters. The van der Waals surface area contributed by atoms with Crippen LogP contribution < -0.4 is 0 Å². The monoisotopic (exact) mass is 204 g/mol. The van der Waals surface area contributed by atoms with Crippen LogP contribution in [0.3, 0.4) is 0 Å². The fraction of sp³-hybridized carbons (Fsp3) is 0.875. The van der Waals surface area contributed by atoms with Gasteiger partial charge in [0.1, 0.15) is 0 Å². The smallest absolute Gasteiger partial charge is 0.212 e. The Kier molecular flexibility index (Phi) is 4.96. The summed E-state index contributed by atoms with van der Waals surface area (Å²) in [5.41, 5.74) is 0. The van der Waals surface area contributed by atoms with E-state index < -0.39 is 15.3 Å². The van der Waals surface area contributed by atoms with Gasteiger partial charge in [-0.25, -0.2) is 12.7 Å². The third kappa shape index (κ3) is 3.33. The zero-order valence-electron chi connectivity index (χ0n) is 8.32. The molecule has 0 aromatic carbocycles. The molecular weight excluding hydrogens is 188 g/mol. The van der Waals surface area contributed by atoms with Crippen LogP contribution >= 0.6 is 0 Å². The van der Waals surface area contributed by atoms with Gasteiger partial charge < -0.3 is 0 Å². The van der Waals surface area contributed by atoms with Crippen molar-refractivity contribution in [1.29, 1.82) is 5.26 Å². The Bertz CT molecular complexity index is 277. The van der Waals surface area contributed by atoms with Crippen LogP contribution in [0.25, 0.3) is 0 Å². The highest BCUT2D eigenvalue weighted by Gasteiger charge is 2.23. The Morgan fingerprint density at radius 3 is 2.31 bits per heavy atom. The molecule has 0 aliphatic rings. The standard InChI is InChI=1S/C8H16N2O2S/c1-4-10(7-5-6-9)13(11,12)8(2)3/h8H,4-5,7H2,1-3H3. The third-order valence-corrected chi connectivity index (χ3v) is 4.13. The predicted octanol–water partition coefficient (Wildman–Crippen LogP) is 0.960. The lowest BCUT2D eigenvalue weighted by atomic mass is 10.5. The van der Waals surface area contributed by atoms with E-state index in [-0.39, 0.29) is 6.42 Å². The highest BCUT2D eigenvalue weighted by molar-refractivity contribution is 7.89. The molecule has 4 nitrogen and oxygen atoms in total. The van der Waals surface area contributed by atoms with E-state index in [0.29, 0.717) is 13.1 Å². The lowest BCUT2D eigenvalue weighted by Crippen LogP contribution is -2.36. The average Bonchev–Trinajstić information content (AvgIpc) is 2.05. The highest BCUT2D eigenvalue weighted by atomic mass is 32.2. The van der Waals surface area contributed by atoms with Crippen molar-refractivity contribution in [3.05, 3.63) is 0 Å². The van der Waals surface area contributed by atoms with Crippen molar-refractivity contribution in [2.45, 2.75) is 32.4 Å². The fourth-order valence-corrected chi connectivity index (χ4v) is 2.24. The SMILES string of the molecule is CCN(CCC#N)S(=O)(=O)C(C)C. The van der Waals surface area contributed by atoms with Gasteiger partial charge >= 0.3 is 0 Å². The minimum atomic E-state index is -3.18. The number of nitriles is 1. The molecule has 0 saturated carbocycles. The van der Waals surface area contributed by atoms with Crippen molar-refractivity contribution < 1.29 is 8.42 Å². The Morgan fingerprint density at radius 2 is 2.00 bits per heavy atom. The Hall–Kier alpha value is -0.600. The van der Waals surface area contributed by atoms with Gasteiger partial charge in [-0.1, -0.05) is 6.92 Å². The molecule has 0 aliphatic heterocycles. The van der Waals surface area contributed by atoms with Gasteiger partial charge in [0, 0.05) is 19.5 Å². The maximum absolute atomic E-state index is 11.6. The number of sulfonamides is 1. The molecule has 5 heteroatoms. The third-order valence-electron chi connectivity index (χ3n) is 1.78. The van der Waals surface area contributed by atoms with Crippen LogP contribution in [0.1, 0.15) is 27.2 Å². The van der Waals surface area contributed by atoms with Crippen molar-refractivity contribution in [2.75, 3.05) is 13.1 Å². The molecular formula is C8H16N2O2S. The van der Waals surface area contributed by atoms with Crippen LogP contribution in [-0.2, 0) is 10.0 Å². The first-order chi connectivity index (χ1) is 5.96. The molecule has 0 rings (SSSR count). The van der Waals surface area contributed by atoms with Gasteiger partial charge in [0.25, 0.3) is 0 Å². The van der Waals surface area contributed by atoms with Crippen molar-refractivity contribution in [3.63, 3.8) is 0 Å². The quantitative estimate of drug-likeness (QED) is 0.670. The van der Waals surface area contributed by atoms with Crippen LogP contribution in [-0.4, -0.2) is 31.1 Å². The Labute approximate surface area is 80.2 Å². The molecule has 0 spiro atoms. The van der Waals surface area contributed by atoms with E-state index in [4.69, 9.17) is 5.26 Å². The Balaban J connectivity index is 4.50. The van der Waals surface area contributed by atoms with Crippen molar-refractivity contribution in [2.24, 2.45) is 0 Å². The molecule has 0 bridgehead atoms. The van der Waals surface area contributed by atoms with E-state index in [1.165, 1.54) is 4.31 Å². The maximum atomic E-state index is 11.6. The minimum Gasteiger partial charge on any atom is -0.212 e. The van der Waals surface area contributed by atoms with Crippen molar-refractivity contribution >= 4 is 10.0 Å². The van der Waals surface area contributed by atoms with E-state index in [9.17, 15) is 8.42 Å². The lowest BCUT2D eigenvalue weighted by Gasteiger charge is -2.21. The molecule has 0 aromatic rings. The van der Waals surface area contributed by atoms with Gasteiger partial charge in [0.05, 0.1) is 11.3 Å². The van der Waals surface area contributed by atoms with Crippen LogP contribution in [0.4, 0.5) is 0 Å². The highest BCUT2D eigenvalue weighted by Crippen LogP contribution is 2.08. The normalized spacial score (nSPS) is 12.0. The van der Waals surface area contributed by atoms with Crippen molar-refractivity contribution in [3.8, 4) is 6.07 Å². The van der Waals surface area contributed by atoms with E-state index in [1.807, 2.05) is 6.07 Å². The molecule has 13 heavy (non-hydrogen) atoms. The summed E-state index contributed by atoms with van der Waals surface area (Å²) < 4.78 is 24.5. The van der Waals surface area contributed by atoms with E-state index in [0.717, 1.165) is 0 Å². The molecule has 0 unspecified atom stereocenters. The summed E-state index contributed by atoms with van der Waals surface area (Å²) in [5, 5.41) is 7.93. The Morgan fingerprint density at radius 1 is 1.46 bits per heavy atom. The minimum absolute atomic E-state index is 0.250. The van der Waals surface area contributed by atoms with Crippen LogP contribution in [0.15, 0.2) is 0 Å². The van der Waals surface area contributed by atoms with Gasteiger partial charge in [-0.2, -0.15) is 5.26 Å². The van der Waals surface area contributed by atoms with Gasteiger partial charge in [-0.05, 0) is 13.8 Å². The second kappa shape index (κ2) is 5.20. The number of hydrogen-bond donors (Lipinski definition) is 0. The second-order valence-corrected chi connectivity index (χ2v) is 5.48. The number of nitrogens with zero attached hydrogens (tertiary/aromatic N) is 2. The summed E-state index contributed by atoms with van der Waals surface area (Å²) in [6.45, 7) is 5.79. The summed E-state index contributed by atoms with van der Waals surface area (Å²) in [6, 6.07) is 1.94. The van der Waals surface area contributed by atoms with E-state index in [2.05, 4.69) is 0 Å². The first-order valence-electron chi connectivity index (χ1n) is 4.32. The predicted molar refractivity (Wildman–Crippen MR) is 51.5 cm³/mol. The summed E-state index contributed by atoms with van der Waals surface area (Å²) >= 11 is 0. The van der Waals surface area contributed by atoms with Gasteiger partial charge in [0.15, 0.2) is 0 Å². The molecule has 0 heterocycles. The summed E-state index contributed by atoms with van der Waals surface area (Å²) in [4.78, 5) is 0. The zero-order valence-corrected chi connectivity index (χ0v) is 9.13. The van der Waals surface area contributed by atoms with Crippen LogP contribution in [0, 0.1) is 11.3 Å². The van der Waals surface area contributed by atoms with Gasteiger partial charge in [-0.15, -0.1) is 0 Å². The molecule has 0 aromatic heterocycles. The molecule has 0 N–H and O–H groups in total. The lowest BCUT2D eigenvalue weighted by molar-refractivity contribution is 0.429. The summed E-state index contributed by atoms with van der Waals surface area (Å²) in [6.07, 6.45) is 0.250. The number of rotatable bonds is 5. The van der Waals surface area contributed by atoms with E-state index >= 15 is 0 Å². The molecule has 76 valence electrons. The topological polar surface area (TPSA) is 61.2 Å². The second-order valence-electron chi connectivity index (χ2n) is 2.99. The van der Waals surface area contributed by atoms with Gasteiger partial charge in [0.2, 0.25) is 10.0 Å². The van der Waals surface area contributed by atoms with Crippen molar-refractivity contribution in [1.82, 2.24) is 4.31 Å². The average molecular weight is 204 g/mol. The molecule has 0 amide bonds. The van der Waals surface area contributed by atoms with E-state index in [1.54, 1.807) is 20.8 Å². The summed E-state index contributed by atoms with van der Waals surface area (Å²) in [7, 11) is -3.18. The molecule has 0 fully saturated rings. The maximum Gasteiger partial charge on any atom is 0.216 e. The van der Waals surface area contributed by atoms with Crippen LogP contribution in [0.5, 0.6) is 0 Å². The molecule has 0 aliphatic carbocycles. The first kappa shape index (κ1) is 12.4.